The third kappa shape index (κ3) is 7.65. The number of amides is 1. The zero-order valence-electron chi connectivity index (χ0n) is 10.8. The maximum Gasteiger partial charge on any atom is 0.233 e. The van der Waals surface area contributed by atoms with E-state index in [1.54, 1.807) is 0 Å². The first-order chi connectivity index (χ1) is 7.63. The van der Waals surface area contributed by atoms with Crippen molar-refractivity contribution in [1.29, 1.82) is 0 Å². The summed E-state index contributed by atoms with van der Waals surface area (Å²) < 4.78 is 0. The minimum absolute atomic E-state index is 0.0386. The molecular formula is C12H26N2O2. The van der Waals surface area contributed by atoms with E-state index in [9.17, 15) is 4.79 Å². The first kappa shape index (κ1) is 15.4. The number of carbonyl (C=O) groups is 1. The molecule has 0 aromatic rings. The third-order valence-corrected chi connectivity index (χ3v) is 2.93. The fraction of sp³-hybridized carbons (Fsp3) is 0.917. The first-order valence-electron chi connectivity index (χ1n) is 6.24. The SMILES string of the molecule is CCC(CCO)CNC(=O)CNC(C)CC. The van der Waals surface area contributed by atoms with Gasteiger partial charge in [-0.15, -0.1) is 0 Å². The van der Waals surface area contributed by atoms with Gasteiger partial charge in [0.1, 0.15) is 0 Å². The summed E-state index contributed by atoms with van der Waals surface area (Å²) >= 11 is 0. The van der Waals surface area contributed by atoms with E-state index in [4.69, 9.17) is 5.11 Å². The lowest BCUT2D eigenvalue weighted by atomic mass is 10.0. The highest BCUT2D eigenvalue weighted by atomic mass is 16.3. The van der Waals surface area contributed by atoms with E-state index in [0.29, 0.717) is 25.0 Å². The molecule has 0 radical (unpaired) electrons. The molecule has 0 rings (SSSR count). The highest BCUT2D eigenvalue weighted by molar-refractivity contribution is 5.77. The van der Waals surface area contributed by atoms with Crippen molar-refractivity contribution in [3.63, 3.8) is 0 Å². The van der Waals surface area contributed by atoms with Gasteiger partial charge in [-0.05, 0) is 25.7 Å². The summed E-state index contributed by atoms with van der Waals surface area (Å²) in [6.45, 7) is 7.46. The predicted octanol–water partition coefficient (Wildman–Crippen LogP) is 0.899. The maximum absolute atomic E-state index is 11.5. The van der Waals surface area contributed by atoms with Crippen LogP contribution in [0.25, 0.3) is 0 Å². The molecule has 0 heterocycles. The molecule has 0 aliphatic heterocycles. The topological polar surface area (TPSA) is 61.4 Å². The van der Waals surface area contributed by atoms with Crippen LogP contribution >= 0.6 is 0 Å². The second-order valence-electron chi connectivity index (χ2n) is 4.28. The molecule has 0 aromatic carbocycles. The van der Waals surface area contributed by atoms with Gasteiger partial charge >= 0.3 is 0 Å². The summed E-state index contributed by atoms with van der Waals surface area (Å²) in [7, 11) is 0. The average molecular weight is 230 g/mol. The molecule has 2 atom stereocenters. The summed E-state index contributed by atoms with van der Waals surface area (Å²) in [5.74, 6) is 0.425. The van der Waals surface area contributed by atoms with E-state index in [1.807, 2.05) is 0 Å². The Morgan fingerprint density at radius 3 is 2.50 bits per heavy atom. The smallest absolute Gasteiger partial charge is 0.233 e. The van der Waals surface area contributed by atoms with Crippen LogP contribution in [0.2, 0.25) is 0 Å². The number of rotatable bonds is 9. The van der Waals surface area contributed by atoms with Gasteiger partial charge in [0, 0.05) is 19.2 Å². The van der Waals surface area contributed by atoms with Crippen molar-refractivity contribution < 1.29 is 9.90 Å². The Balaban J connectivity index is 3.62. The van der Waals surface area contributed by atoms with Gasteiger partial charge in [0.15, 0.2) is 0 Å². The van der Waals surface area contributed by atoms with Crippen molar-refractivity contribution in [2.45, 2.75) is 46.1 Å². The molecular weight excluding hydrogens is 204 g/mol. The molecule has 0 fully saturated rings. The molecule has 3 N–H and O–H groups in total. The summed E-state index contributed by atoms with van der Waals surface area (Å²) in [6.07, 6.45) is 2.77. The monoisotopic (exact) mass is 230 g/mol. The minimum Gasteiger partial charge on any atom is -0.396 e. The van der Waals surface area contributed by atoms with Gasteiger partial charge in [-0.25, -0.2) is 0 Å². The lowest BCUT2D eigenvalue weighted by Crippen LogP contribution is -2.39. The highest BCUT2D eigenvalue weighted by Gasteiger charge is 2.08. The number of nitrogens with one attached hydrogen (secondary N) is 2. The van der Waals surface area contributed by atoms with Gasteiger partial charge in [-0.2, -0.15) is 0 Å². The average Bonchev–Trinajstić information content (AvgIpc) is 2.31. The molecule has 4 heteroatoms. The van der Waals surface area contributed by atoms with E-state index in [1.165, 1.54) is 0 Å². The molecule has 0 saturated carbocycles. The Morgan fingerprint density at radius 1 is 1.31 bits per heavy atom. The van der Waals surface area contributed by atoms with Crippen molar-refractivity contribution in [2.75, 3.05) is 19.7 Å². The van der Waals surface area contributed by atoms with E-state index < -0.39 is 0 Å². The van der Waals surface area contributed by atoms with Gasteiger partial charge in [-0.1, -0.05) is 20.3 Å². The van der Waals surface area contributed by atoms with Gasteiger partial charge in [0.25, 0.3) is 0 Å². The molecule has 16 heavy (non-hydrogen) atoms. The first-order valence-corrected chi connectivity index (χ1v) is 6.24. The van der Waals surface area contributed by atoms with Crippen LogP contribution in [-0.4, -0.2) is 36.8 Å². The molecule has 4 nitrogen and oxygen atoms in total. The van der Waals surface area contributed by atoms with E-state index >= 15 is 0 Å². The van der Waals surface area contributed by atoms with Crippen LogP contribution in [0.4, 0.5) is 0 Å². The summed E-state index contributed by atoms with van der Waals surface area (Å²) in [5, 5.41) is 14.8. The maximum atomic E-state index is 11.5. The second-order valence-corrected chi connectivity index (χ2v) is 4.28. The van der Waals surface area contributed by atoms with Crippen LogP contribution in [0.3, 0.4) is 0 Å². The molecule has 0 saturated heterocycles. The highest BCUT2D eigenvalue weighted by Crippen LogP contribution is 2.05. The second kappa shape index (κ2) is 9.60. The number of aliphatic hydroxyl groups is 1. The molecule has 1 amide bonds. The standard InChI is InChI=1S/C12H26N2O2/c1-4-10(3)13-9-12(16)14-8-11(5-2)6-7-15/h10-11,13,15H,4-9H2,1-3H3,(H,14,16). The van der Waals surface area contributed by atoms with E-state index in [-0.39, 0.29) is 12.5 Å². The Labute approximate surface area is 98.8 Å². The Morgan fingerprint density at radius 2 is 2.00 bits per heavy atom. The van der Waals surface area contributed by atoms with E-state index in [2.05, 4.69) is 31.4 Å². The number of aliphatic hydroxyl groups excluding tert-OH is 1. The Hall–Kier alpha value is -0.610. The van der Waals surface area contributed by atoms with Crippen molar-refractivity contribution in [3.8, 4) is 0 Å². The Kier molecular flexibility index (Phi) is 9.24. The molecule has 0 spiro atoms. The van der Waals surface area contributed by atoms with E-state index in [0.717, 1.165) is 19.3 Å². The van der Waals surface area contributed by atoms with Crippen LogP contribution < -0.4 is 10.6 Å². The quantitative estimate of drug-likeness (QED) is 0.551. The molecule has 0 aliphatic rings. The lowest BCUT2D eigenvalue weighted by molar-refractivity contribution is -0.120. The predicted molar refractivity (Wildman–Crippen MR) is 66.2 cm³/mol. The van der Waals surface area contributed by atoms with Crippen LogP contribution in [0.15, 0.2) is 0 Å². The van der Waals surface area contributed by atoms with Gasteiger partial charge < -0.3 is 15.7 Å². The Bertz CT molecular complexity index is 186. The summed E-state index contributed by atoms with van der Waals surface area (Å²) in [4.78, 5) is 11.5. The van der Waals surface area contributed by atoms with Crippen LogP contribution in [0.1, 0.15) is 40.0 Å². The molecule has 0 bridgehead atoms. The fourth-order valence-electron chi connectivity index (χ4n) is 1.37. The van der Waals surface area contributed by atoms with Crippen molar-refractivity contribution in [1.82, 2.24) is 10.6 Å². The molecule has 2 unspecified atom stereocenters. The largest absolute Gasteiger partial charge is 0.396 e. The number of carbonyl (C=O) groups excluding carboxylic acids is 1. The van der Waals surface area contributed by atoms with Gasteiger partial charge in [-0.3, -0.25) is 4.79 Å². The number of hydrogen-bond acceptors (Lipinski definition) is 3. The van der Waals surface area contributed by atoms with Crippen molar-refractivity contribution >= 4 is 5.91 Å². The molecule has 96 valence electrons. The van der Waals surface area contributed by atoms with Crippen LogP contribution in [-0.2, 0) is 4.79 Å². The zero-order valence-corrected chi connectivity index (χ0v) is 10.8. The van der Waals surface area contributed by atoms with Crippen molar-refractivity contribution in [3.05, 3.63) is 0 Å². The molecule has 0 aromatic heterocycles. The summed E-state index contributed by atoms with van der Waals surface area (Å²) in [5.41, 5.74) is 0. The fourth-order valence-corrected chi connectivity index (χ4v) is 1.37. The van der Waals surface area contributed by atoms with Crippen molar-refractivity contribution in [2.24, 2.45) is 5.92 Å². The molecule has 0 aliphatic carbocycles. The van der Waals surface area contributed by atoms with Crippen LogP contribution in [0.5, 0.6) is 0 Å². The normalized spacial score (nSPS) is 14.5. The van der Waals surface area contributed by atoms with Gasteiger partial charge in [0.05, 0.1) is 6.54 Å². The number of hydrogen-bond donors (Lipinski definition) is 3. The summed E-state index contributed by atoms with van der Waals surface area (Å²) in [6, 6.07) is 0.380. The van der Waals surface area contributed by atoms with Gasteiger partial charge in [0.2, 0.25) is 5.91 Å². The lowest BCUT2D eigenvalue weighted by Gasteiger charge is -2.15. The third-order valence-electron chi connectivity index (χ3n) is 2.93. The minimum atomic E-state index is 0.0386. The zero-order chi connectivity index (χ0) is 12.4. The van der Waals surface area contributed by atoms with Crippen LogP contribution in [0, 0.1) is 5.92 Å².